The van der Waals surface area contributed by atoms with E-state index in [0.29, 0.717) is 12.0 Å². The molecule has 5 unspecified atom stereocenters. The van der Waals surface area contributed by atoms with Gasteiger partial charge in [-0.1, -0.05) is 32.4 Å². The average molecular weight is 565 g/mol. The Balaban J connectivity index is 3.12. The number of amides is 4. The smallest absolute Gasteiger partial charge is 0.326 e. The second-order valence-corrected chi connectivity index (χ2v) is 9.43. The van der Waals surface area contributed by atoms with Gasteiger partial charge >= 0.3 is 5.97 Å². The molecule has 40 heavy (non-hydrogen) atoms. The summed E-state index contributed by atoms with van der Waals surface area (Å²) in [6, 6.07) is 0.895. The maximum absolute atomic E-state index is 13.3. The van der Waals surface area contributed by atoms with E-state index >= 15 is 0 Å². The first-order valence-corrected chi connectivity index (χ1v) is 12.8. The van der Waals surface area contributed by atoms with Crippen LogP contribution in [0.2, 0.25) is 0 Å². The van der Waals surface area contributed by atoms with Gasteiger partial charge in [0.05, 0.1) is 12.5 Å². The van der Waals surface area contributed by atoms with Gasteiger partial charge in [0.2, 0.25) is 23.6 Å². The topological polar surface area (TPSA) is 278 Å². The SMILES string of the molecule is CCC(C)C(NC(=O)C(N)CC(N)=O)C(=O)NC(CCCN=C(N)N)C(=O)NC(Cc1ccc(O)cc1)C(=O)O. The molecule has 0 spiro atoms. The van der Waals surface area contributed by atoms with Crippen LogP contribution in [0.15, 0.2) is 29.3 Å². The summed E-state index contributed by atoms with van der Waals surface area (Å²) < 4.78 is 0. The van der Waals surface area contributed by atoms with Crippen molar-refractivity contribution in [1.29, 1.82) is 0 Å². The summed E-state index contributed by atoms with van der Waals surface area (Å²) in [5.41, 5.74) is 22.0. The summed E-state index contributed by atoms with van der Waals surface area (Å²) in [5.74, 6) is -4.89. The minimum atomic E-state index is -1.34. The molecule has 0 fully saturated rings. The second-order valence-electron chi connectivity index (χ2n) is 9.43. The first-order valence-electron chi connectivity index (χ1n) is 12.8. The van der Waals surface area contributed by atoms with Crippen molar-refractivity contribution in [3.8, 4) is 5.75 Å². The molecule has 0 aromatic heterocycles. The number of guanidine groups is 1. The fourth-order valence-corrected chi connectivity index (χ4v) is 3.65. The normalized spacial score (nSPS) is 14.5. The highest BCUT2D eigenvalue weighted by atomic mass is 16.4. The number of nitrogens with one attached hydrogen (secondary N) is 3. The third kappa shape index (κ3) is 12.0. The van der Waals surface area contributed by atoms with Crippen molar-refractivity contribution in [3.63, 3.8) is 0 Å². The lowest BCUT2D eigenvalue weighted by Gasteiger charge is -2.28. The van der Waals surface area contributed by atoms with Gasteiger partial charge in [-0.05, 0) is 36.5 Å². The maximum atomic E-state index is 13.3. The van der Waals surface area contributed by atoms with Crippen molar-refractivity contribution in [2.45, 2.75) is 70.1 Å². The zero-order valence-corrected chi connectivity index (χ0v) is 22.6. The van der Waals surface area contributed by atoms with E-state index in [2.05, 4.69) is 20.9 Å². The summed E-state index contributed by atoms with van der Waals surface area (Å²) in [6.07, 6.45) is 0.268. The van der Waals surface area contributed by atoms with Gasteiger partial charge in [-0.15, -0.1) is 0 Å². The fourth-order valence-electron chi connectivity index (χ4n) is 3.65. The molecule has 0 aliphatic carbocycles. The minimum Gasteiger partial charge on any atom is -0.508 e. The number of primary amides is 1. The molecule has 0 aliphatic rings. The van der Waals surface area contributed by atoms with Crippen LogP contribution in [0.25, 0.3) is 0 Å². The maximum Gasteiger partial charge on any atom is 0.326 e. The lowest BCUT2D eigenvalue weighted by Crippen LogP contribution is -2.59. The van der Waals surface area contributed by atoms with Gasteiger partial charge < -0.3 is 49.1 Å². The van der Waals surface area contributed by atoms with E-state index in [1.165, 1.54) is 24.3 Å². The molecule has 13 N–H and O–H groups in total. The van der Waals surface area contributed by atoms with Crippen molar-refractivity contribution >= 4 is 35.6 Å². The molecular weight excluding hydrogens is 524 g/mol. The molecule has 5 atom stereocenters. The van der Waals surface area contributed by atoms with E-state index in [1.54, 1.807) is 13.8 Å². The molecule has 0 radical (unpaired) electrons. The number of hydrogen-bond acceptors (Lipinski definition) is 8. The van der Waals surface area contributed by atoms with Crippen LogP contribution in [-0.4, -0.2) is 76.5 Å². The van der Waals surface area contributed by atoms with Gasteiger partial charge in [-0.25, -0.2) is 4.79 Å². The molecule has 1 aromatic carbocycles. The first kappa shape index (κ1) is 33.6. The Morgan fingerprint density at radius 2 is 1.52 bits per heavy atom. The van der Waals surface area contributed by atoms with Crippen LogP contribution in [0.3, 0.4) is 0 Å². The first-order chi connectivity index (χ1) is 18.7. The van der Waals surface area contributed by atoms with Crippen molar-refractivity contribution in [3.05, 3.63) is 29.8 Å². The number of aliphatic imine (C=N–C) groups is 1. The highest BCUT2D eigenvalue weighted by Gasteiger charge is 2.32. The number of aromatic hydroxyl groups is 1. The van der Waals surface area contributed by atoms with Crippen LogP contribution in [0.5, 0.6) is 5.75 Å². The number of phenolic OH excluding ortho intramolecular Hbond substituents is 1. The van der Waals surface area contributed by atoms with E-state index in [-0.39, 0.29) is 37.5 Å². The Morgan fingerprint density at radius 3 is 2.05 bits per heavy atom. The highest BCUT2D eigenvalue weighted by Crippen LogP contribution is 2.13. The van der Waals surface area contributed by atoms with E-state index in [1.807, 2.05) is 0 Å². The summed E-state index contributed by atoms with van der Waals surface area (Å²) in [5, 5.41) is 26.7. The van der Waals surface area contributed by atoms with Gasteiger partial charge in [0.25, 0.3) is 0 Å². The number of carboxylic acid groups (broad SMARTS) is 1. The Kier molecular flexibility index (Phi) is 13.9. The second kappa shape index (κ2) is 16.5. The molecular formula is C25H40N8O7. The Bertz CT molecular complexity index is 1060. The molecule has 1 rings (SSSR count). The summed E-state index contributed by atoms with van der Waals surface area (Å²) >= 11 is 0. The number of rotatable bonds is 17. The molecule has 0 saturated heterocycles. The molecule has 222 valence electrons. The van der Waals surface area contributed by atoms with E-state index < -0.39 is 66.1 Å². The molecule has 4 amide bonds. The lowest BCUT2D eigenvalue weighted by atomic mass is 9.97. The fraction of sp³-hybridized carbons (Fsp3) is 0.520. The van der Waals surface area contributed by atoms with Crippen LogP contribution >= 0.6 is 0 Å². The Hall–Kier alpha value is -4.40. The quantitative estimate of drug-likeness (QED) is 0.0558. The zero-order chi connectivity index (χ0) is 30.4. The number of hydrogen-bond donors (Lipinski definition) is 9. The van der Waals surface area contributed by atoms with Crippen LogP contribution < -0.4 is 38.9 Å². The molecule has 15 heteroatoms. The molecule has 0 saturated carbocycles. The summed E-state index contributed by atoms with van der Waals surface area (Å²) in [4.78, 5) is 65.9. The van der Waals surface area contributed by atoms with Gasteiger partial charge in [0, 0.05) is 13.0 Å². The van der Waals surface area contributed by atoms with Crippen LogP contribution in [0.4, 0.5) is 0 Å². The monoisotopic (exact) mass is 564 g/mol. The van der Waals surface area contributed by atoms with E-state index in [4.69, 9.17) is 22.9 Å². The Labute approximate surface area is 232 Å². The number of carboxylic acids is 1. The lowest BCUT2D eigenvalue weighted by molar-refractivity contribution is -0.142. The van der Waals surface area contributed by atoms with Crippen molar-refractivity contribution < 1.29 is 34.2 Å². The van der Waals surface area contributed by atoms with E-state index in [9.17, 15) is 34.2 Å². The van der Waals surface area contributed by atoms with Crippen LogP contribution in [0, 0.1) is 5.92 Å². The number of phenols is 1. The zero-order valence-electron chi connectivity index (χ0n) is 22.6. The number of nitrogens with two attached hydrogens (primary N) is 4. The number of carbonyl (C=O) groups excluding carboxylic acids is 4. The van der Waals surface area contributed by atoms with Gasteiger partial charge in [-0.3, -0.25) is 24.2 Å². The number of aliphatic carboxylic acids is 1. The highest BCUT2D eigenvalue weighted by molar-refractivity contribution is 5.95. The number of nitrogens with zero attached hydrogens (tertiary/aromatic N) is 1. The molecule has 1 aromatic rings. The summed E-state index contributed by atoms with van der Waals surface area (Å²) in [6.45, 7) is 3.64. The standard InChI is InChI=1S/C25H40N8O7/c1-3-13(2)20(33-21(36)16(26)12-19(27)35)23(38)31-17(5-4-10-30-25(28)29)22(37)32-18(24(39)40)11-14-6-8-15(34)9-7-14/h6-9,13,16-18,20,34H,3-5,10-12,26H2,1-2H3,(H2,27,35)(H,31,38)(H,32,37)(H,33,36)(H,39,40)(H4,28,29,30). The largest absolute Gasteiger partial charge is 0.508 e. The minimum absolute atomic E-state index is 0.00162. The predicted molar refractivity (Wildman–Crippen MR) is 146 cm³/mol. The van der Waals surface area contributed by atoms with Gasteiger partial charge in [0.15, 0.2) is 5.96 Å². The van der Waals surface area contributed by atoms with E-state index in [0.717, 1.165) is 0 Å². The third-order valence-electron chi connectivity index (χ3n) is 6.12. The predicted octanol–water partition coefficient (Wildman–Crippen LogP) is -2.22. The van der Waals surface area contributed by atoms with Crippen molar-refractivity contribution in [2.75, 3.05) is 6.54 Å². The molecule has 15 nitrogen and oxygen atoms in total. The molecule has 0 bridgehead atoms. The van der Waals surface area contributed by atoms with Gasteiger partial charge in [-0.2, -0.15) is 0 Å². The van der Waals surface area contributed by atoms with Gasteiger partial charge in [0.1, 0.15) is 23.9 Å². The summed E-state index contributed by atoms with van der Waals surface area (Å²) in [7, 11) is 0. The molecule has 0 aliphatic heterocycles. The van der Waals surface area contributed by atoms with Crippen LogP contribution in [-0.2, 0) is 30.4 Å². The third-order valence-corrected chi connectivity index (χ3v) is 6.12. The Morgan fingerprint density at radius 1 is 0.925 bits per heavy atom. The number of carbonyl (C=O) groups is 5. The van der Waals surface area contributed by atoms with Crippen LogP contribution in [0.1, 0.15) is 45.1 Å². The number of benzene rings is 1. The average Bonchev–Trinajstić information content (AvgIpc) is 2.88. The van der Waals surface area contributed by atoms with Crippen molar-refractivity contribution in [2.24, 2.45) is 33.8 Å². The molecule has 0 heterocycles. The van der Waals surface area contributed by atoms with Crippen molar-refractivity contribution in [1.82, 2.24) is 16.0 Å².